The van der Waals surface area contributed by atoms with Crippen molar-refractivity contribution in [2.24, 2.45) is 10.2 Å². The second-order valence-corrected chi connectivity index (χ2v) is 6.95. The van der Waals surface area contributed by atoms with Gasteiger partial charge in [0.05, 0.1) is 29.6 Å². The molecule has 0 radical (unpaired) electrons. The molecule has 0 aliphatic rings. The van der Waals surface area contributed by atoms with Gasteiger partial charge in [0.15, 0.2) is 11.6 Å². The summed E-state index contributed by atoms with van der Waals surface area (Å²) in [7, 11) is -2.10. The molecule has 2 rings (SSSR count). The average molecular weight is 401 g/mol. The van der Waals surface area contributed by atoms with Gasteiger partial charge in [-0.15, -0.1) is 10.8 Å². The van der Waals surface area contributed by atoms with E-state index < -0.39 is 23.0 Å². The second kappa shape index (κ2) is 8.44. The minimum Gasteiger partial charge on any atom is -0.494 e. The van der Waals surface area contributed by atoms with Crippen molar-refractivity contribution in [3.05, 3.63) is 60.4 Å². The van der Waals surface area contributed by atoms with Crippen molar-refractivity contribution in [1.82, 2.24) is 0 Å². The third kappa shape index (κ3) is 5.23. The maximum absolute atomic E-state index is 14.0. The zero-order valence-corrected chi connectivity index (χ0v) is 15.0. The molecule has 0 saturated heterocycles. The van der Waals surface area contributed by atoms with E-state index >= 15 is 0 Å². The van der Waals surface area contributed by atoms with E-state index in [1.54, 1.807) is 0 Å². The van der Waals surface area contributed by atoms with Gasteiger partial charge in [0, 0.05) is 5.56 Å². The maximum Gasteiger partial charge on any atom is 0.275 e. The summed E-state index contributed by atoms with van der Waals surface area (Å²) in [4.78, 5) is 0.0603. The standard InChI is InChI=1S/C17H18F3N3O3S/c1-11(12-3-8-16(26-2)15(18)9-12)23(22-10-17(19)20)13-4-6-14(7-5-13)27(21,24)25/h3-10,17,24-25H,1,21H2,2H3/b22-10+. The summed E-state index contributed by atoms with van der Waals surface area (Å²) < 4.78 is 62.9. The molecule has 4 N–H and O–H groups in total. The first-order chi connectivity index (χ1) is 12.6. The molecule has 0 unspecified atom stereocenters. The van der Waals surface area contributed by atoms with E-state index in [0.29, 0.717) is 6.21 Å². The molecular weight excluding hydrogens is 383 g/mol. The molecule has 0 spiro atoms. The minimum absolute atomic E-state index is 0.0201. The molecule has 0 bridgehead atoms. The molecule has 0 amide bonds. The first-order valence-electron chi connectivity index (χ1n) is 7.44. The second-order valence-electron chi connectivity index (χ2n) is 5.29. The fourth-order valence-corrected chi connectivity index (χ4v) is 2.70. The number of halogens is 3. The Morgan fingerprint density at radius 3 is 2.37 bits per heavy atom. The largest absolute Gasteiger partial charge is 0.494 e. The van der Waals surface area contributed by atoms with Crippen LogP contribution in [0.1, 0.15) is 5.56 Å². The van der Waals surface area contributed by atoms with Gasteiger partial charge in [-0.05, 0) is 42.5 Å². The fourth-order valence-electron chi connectivity index (χ4n) is 2.17. The van der Waals surface area contributed by atoms with E-state index in [2.05, 4.69) is 11.7 Å². The number of hydrogen-bond donors (Lipinski definition) is 3. The Bertz CT molecular complexity index is 840. The highest BCUT2D eigenvalue weighted by atomic mass is 32.3. The molecule has 27 heavy (non-hydrogen) atoms. The molecule has 0 saturated carbocycles. The van der Waals surface area contributed by atoms with E-state index in [1.807, 2.05) is 0 Å². The number of rotatable bonds is 7. The van der Waals surface area contributed by atoms with Crippen LogP contribution in [0.25, 0.3) is 5.70 Å². The third-order valence-corrected chi connectivity index (χ3v) is 4.43. The van der Waals surface area contributed by atoms with Gasteiger partial charge in [-0.25, -0.2) is 23.3 Å². The zero-order valence-electron chi connectivity index (χ0n) is 14.2. The Morgan fingerprint density at radius 2 is 1.89 bits per heavy atom. The van der Waals surface area contributed by atoms with E-state index in [4.69, 9.17) is 9.88 Å². The summed E-state index contributed by atoms with van der Waals surface area (Å²) >= 11 is 0. The van der Waals surface area contributed by atoms with Crippen LogP contribution in [0.2, 0.25) is 0 Å². The quantitative estimate of drug-likeness (QED) is 0.468. The number of hydrogen-bond acceptors (Lipinski definition) is 6. The van der Waals surface area contributed by atoms with Gasteiger partial charge in [-0.1, -0.05) is 6.58 Å². The van der Waals surface area contributed by atoms with E-state index in [0.717, 1.165) is 11.1 Å². The van der Waals surface area contributed by atoms with Crippen LogP contribution in [0.4, 0.5) is 18.9 Å². The summed E-state index contributed by atoms with van der Waals surface area (Å²) in [5.41, 5.74) is 0.674. The van der Waals surface area contributed by atoms with Gasteiger partial charge in [0.2, 0.25) is 0 Å². The number of nitrogens with zero attached hydrogens (tertiary/aromatic N) is 2. The molecule has 146 valence electrons. The Kier molecular flexibility index (Phi) is 6.50. The number of ether oxygens (including phenoxy) is 1. The van der Waals surface area contributed by atoms with Crippen LogP contribution < -0.4 is 14.9 Å². The lowest BCUT2D eigenvalue weighted by Gasteiger charge is -2.27. The van der Waals surface area contributed by atoms with Crippen LogP contribution in [0, 0.1) is 5.82 Å². The summed E-state index contributed by atoms with van der Waals surface area (Å²) in [6.45, 7) is 3.79. The average Bonchev–Trinajstić information content (AvgIpc) is 2.61. The van der Waals surface area contributed by atoms with Gasteiger partial charge in [0.1, 0.15) is 0 Å². The molecule has 6 nitrogen and oxygen atoms in total. The van der Waals surface area contributed by atoms with Crippen molar-refractivity contribution >= 4 is 28.4 Å². The van der Waals surface area contributed by atoms with Crippen LogP contribution in [0.3, 0.4) is 0 Å². The van der Waals surface area contributed by atoms with Crippen molar-refractivity contribution in [2.75, 3.05) is 12.1 Å². The molecule has 0 aliphatic carbocycles. The predicted molar refractivity (Wildman–Crippen MR) is 101 cm³/mol. The summed E-state index contributed by atoms with van der Waals surface area (Å²) in [5.74, 6) is -0.631. The highest BCUT2D eigenvalue weighted by Crippen LogP contribution is 2.40. The Labute approximate surface area is 155 Å². The van der Waals surface area contributed by atoms with Gasteiger partial charge < -0.3 is 4.74 Å². The highest BCUT2D eigenvalue weighted by molar-refractivity contribution is 8.22. The first-order valence-corrected chi connectivity index (χ1v) is 9.05. The number of nitrogens with two attached hydrogens (primary N) is 1. The lowest BCUT2D eigenvalue weighted by Crippen LogP contribution is -2.16. The Hall–Kier alpha value is -2.53. The van der Waals surface area contributed by atoms with Crippen molar-refractivity contribution in [3.63, 3.8) is 0 Å². The van der Waals surface area contributed by atoms with E-state index in [-0.39, 0.29) is 27.6 Å². The number of hydrazone groups is 1. The molecular formula is C17H18F3N3O3S. The van der Waals surface area contributed by atoms with Crippen molar-refractivity contribution in [2.45, 2.75) is 11.3 Å². The topological polar surface area (TPSA) is 91.3 Å². The Balaban J connectivity index is 2.42. The van der Waals surface area contributed by atoms with Crippen molar-refractivity contribution in [3.8, 4) is 5.75 Å². The van der Waals surface area contributed by atoms with Crippen LogP contribution in [-0.2, 0) is 0 Å². The lowest BCUT2D eigenvalue weighted by atomic mass is 10.1. The molecule has 10 heteroatoms. The maximum atomic E-state index is 14.0. The van der Waals surface area contributed by atoms with Gasteiger partial charge in [-0.3, -0.25) is 9.11 Å². The van der Waals surface area contributed by atoms with Gasteiger partial charge in [0.25, 0.3) is 6.43 Å². The van der Waals surface area contributed by atoms with Gasteiger partial charge >= 0.3 is 0 Å². The molecule has 0 atom stereocenters. The number of benzene rings is 2. The predicted octanol–water partition coefficient (Wildman–Crippen LogP) is 4.55. The van der Waals surface area contributed by atoms with Crippen molar-refractivity contribution in [1.29, 1.82) is 0 Å². The number of methoxy groups -OCH3 is 1. The van der Waals surface area contributed by atoms with Crippen LogP contribution in [-0.4, -0.2) is 28.9 Å². The zero-order chi connectivity index (χ0) is 20.2. The van der Waals surface area contributed by atoms with Crippen molar-refractivity contribution < 1.29 is 27.0 Å². The molecule has 0 aromatic heterocycles. The van der Waals surface area contributed by atoms with Crippen LogP contribution >= 0.6 is 10.8 Å². The van der Waals surface area contributed by atoms with Gasteiger partial charge in [-0.2, -0.15) is 5.10 Å². The molecule has 2 aromatic rings. The fraction of sp³-hybridized carbons (Fsp3) is 0.118. The lowest BCUT2D eigenvalue weighted by molar-refractivity contribution is 0.231. The first kappa shape index (κ1) is 20.8. The third-order valence-electron chi connectivity index (χ3n) is 3.46. The minimum atomic E-state index is -3.42. The normalized spacial score (nSPS) is 12.4. The summed E-state index contributed by atoms with van der Waals surface area (Å²) in [6, 6.07) is 9.43. The number of anilines is 1. The smallest absolute Gasteiger partial charge is 0.275 e. The summed E-state index contributed by atoms with van der Waals surface area (Å²) in [6.07, 6.45) is -2.42. The van der Waals surface area contributed by atoms with Crippen LogP contribution in [0.15, 0.2) is 59.0 Å². The monoisotopic (exact) mass is 401 g/mol. The summed E-state index contributed by atoms with van der Waals surface area (Å²) in [5, 5.41) is 10.0. The van der Waals surface area contributed by atoms with E-state index in [1.165, 1.54) is 43.5 Å². The van der Waals surface area contributed by atoms with E-state index in [9.17, 15) is 22.3 Å². The molecule has 2 aromatic carbocycles. The molecule has 0 fully saturated rings. The Morgan fingerprint density at radius 1 is 1.26 bits per heavy atom. The molecule has 0 aliphatic heterocycles. The number of alkyl halides is 2. The highest BCUT2D eigenvalue weighted by Gasteiger charge is 2.16. The SMILES string of the molecule is C=C(c1ccc(OC)c(F)c1)N(/N=C/C(F)F)c1ccc(S(N)(O)O)cc1. The van der Waals surface area contributed by atoms with Crippen LogP contribution in [0.5, 0.6) is 5.75 Å². The molecule has 0 heterocycles.